The van der Waals surface area contributed by atoms with Crippen LogP contribution in [-0.2, 0) is 14.6 Å². The van der Waals surface area contributed by atoms with Gasteiger partial charge in [-0.1, -0.05) is 0 Å². The van der Waals surface area contributed by atoms with E-state index in [-0.39, 0.29) is 22.3 Å². The third-order valence-corrected chi connectivity index (χ3v) is 5.51. The van der Waals surface area contributed by atoms with Crippen LogP contribution in [0.1, 0.15) is 39.6 Å². The second kappa shape index (κ2) is 4.61. The Morgan fingerprint density at radius 3 is 2.58 bits per heavy atom. The topological polar surface area (TPSA) is 80.7 Å². The Bertz CT molecular complexity index is 645. The molecule has 1 aromatic rings. The van der Waals surface area contributed by atoms with E-state index in [1.54, 1.807) is 13.8 Å². The number of ether oxygens (including phenoxy) is 1. The lowest BCUT2D eigenvalue weighted by Gasteiger charge is -2.28. The molecule has 1 heterocycles. The van der Waals surface area contributed by atoms with Crippen molar-refractivity contribution in [1.82, 2.24) is 0 Å². The number of fused-ring (bicyclic) bond motifs is 1. The molecule has 1 aliphatic heterocycles. The number of methoxy groups -OCH3 is 1. The van der Waals surface area contributed by atoms with Crippen molar-refractivity contribution in [2.75, 3.05) is 12.9 Å². The highest BCUT2D eigenvalue weighted by molar-refractivity contribution is 7.91. The number of carboxylic acid groups (broad SMARTS) is 1. The van der Waals surface area contributed by atoms with Gasteiger partial charge in [0.05, 0.1) is 22.3 Å². The van der Waals surface area contributed by atoms with E-state index in [2.05, 4.69) is 0 Å². The number of carbonyl (C=O) groups is 1. The maximum absolute atomic E-state index is 12.2. The third-order valence-electron chi connectivity index (χ3n) is 3.57. The Kier molecular flexibility index (Phi) is 3.40. The van der Waals surface area contributed by atoms with Gasteiger partial charge in [-0.2, -0.15) is 0 Å². The zero-order valence-electron chi connectivity index (χ0n) is 11.1. The predicted molar refractivity (Wildman–Crippen MR) is 69.3 cm³/mol. The van der Waals surface area contributed by atoms with Crippen molar-refractivity contribution in [3.8, 4) is 0 Å². The lowest BCUT2D eigenvalue weighted by molar-refractivity contribution is 0.0693. The molecule has 104 valence electrons. The van der Waals surface area contributed by atoms with Crippen LogP contribution in [0.15, 0.2) is 11.0 Å². The van der Waals surface area contributed by atoms with Crippen LogP contribution in [0.2, 0.25) is 0 Å². The summed E-state index contributed by atoms with van der Waals surface area (Å²) >= 11 is 0. The lowest BCUT2D eigenvalue weighted by Crippen LogP contribution is -2.24. The van der Waals surface area contributed by atoms with Gasteiger partial charge in [-0.05, 0) is 37.5 Å². The summed E-state index contributed by atoms with van der Waals surface area (Å²) < 4.78 is 29.7. The Morgan fingerprint density at radius 1 is 1.42 bits per heavy atom. The van der Waals surface area contributed by atoms with Gasteiger partial charge in [-0.3, -0.25) is 0 Å². The minimum atomic E-state index is -3.35. The van der Waals surface area contributed by atoms with Crippen LogP contribution in [0.3, 0.4) is 0 Å². The van der Waals surface area contributed by atoms with Crippen LogP contribution < -0.4 is 0 Å². The van der Waals surface area contributed by atoms with Gasteiger partial charge in [0.2, 0.25) is 0 Å². The van der Waals surface area contributed by atoms with Gasteiger partial charge in [0.15, 0.2) is 9.84 Å². The molecule has 0 bridgehead atoms. The van der Waals surface area contributed by atoms with Crippen LogP contribution >= 0.6 is 0 Å². The summed E-state index contributed by atoms with van der Waals surface area (Å²) in [6.07, 6.45) is -0.00799. The summed E-state index contributed by atoms with van der Waals surface area (Å²) in [6.45, 7) is 3.26. The van der Waals surface area contributed by atoms with Crippen LogP contribution in [0.5, 0.6) is 0 Å². The van der Waals surface area contributed by atoms with Gasteiger partial charge in [0.25, 0.3) is 0 Å². The third kappa shape index (κ3) is 2.15. The Labute approximate surface area is 112 Å². The molecule has 0 radical (unpaired) electrons. The molecule has 6 heteroatoms. The normalized spacial score (nSPS) is 20.9. The SMILES string of the molecule is COC1CCS(=O)(=O)c2c(C)cc(C(=O)O)c(C)c21. The molecule has 0 amide bonds. The first-order valence-electron chi connectivity index (χ1n) is 5.92. The fourth-order valence-corrected chi connectivity index (χ4v) is 4.58. The van der Waals surface area contributed by atoms with Gasteiger partial charge in [-0.25, -0.2) is 13.2 Å². The second-order valence-corrected chi connectivity index (χ2v) is 6.79. The van der Waals surface area contributed by atoms with E-state index < -0.39 is 15.8 Å². The van der Waals surface area contributed by atoms with E-state index >= 15 is 0 Å². The quantitative estimate of drug-likeness (QED) is 0.896. The standard InChI is InChI=1S/C13H16O5S/c1-7-6-9(13(14)15)8(2)11-10(18-3)4-5-19(16,17)12(7)11/h6,10H,4-5H2,1-3H3,(H,14,15). The summed E-state index contributed by atoms with van der Waals surface area (Å²) in [4.78, 5) is 11.5. The number of hydrogen-bond donors (Lipinski definition) is 1. The highest BCUT2D eigenvalue weighted by Crippen LogP contribution is 2.39. The molecule has 2 rings (SSSR count). The van der Waals surface area contributed by atoms with Crippen molar-refractivity contribution < 1.29 is 23.1 Å². The van der Waals surface area contributed by atoms with Gasteiger partial charge < -0.3 is 9.84 Å². The first-order chi connectivity index (χ1) is 8.79. The molecule has 5 nitrogen and oxygen atoms in total. The summed E-state index contributed by atoms with van der Waals surface area (Å²) in [5.41, 5.74) is 1.59. The maximum atomic E-state index is 12.2. The van der Waals surface area contributed by atoms with E-state index in [9.17, 15) is 18.3 Å². The van der Waals surface area contributed by atoms with Crippen molar-refractivity contribution in [1.29, 1.82) is 0 Å². The molecule has 1 aromatic carbocycles. The summed E-state index contributed by atoms with van der Waals surface area (Å²) in [7, 11) is -1.85. The second-order valence-electron chi connectivity index (χ2n) is 4.75. The zero-order valence-corrected chi connectivity index (χ0v) is 11.9. The first kappa shape index (κ1) is 14.0. The first-order valence-corrected chi connectivity index (χ1v) is 7.57. The maximum Gasteiger partial charge on any atom is 0.335 e. The van der Waals surface area contributed by atoms with Crippen LogP contribution in [0.25, 0.3) is 0 Å². The van der Waals surface area contributed by atoms with Gasteiger partial charge >= 0.3 is 5.97 Å². The number of rotatable bonds is 2. The largest absolute Gasteiger partial charge is 0.478 e. The molecule has 0 spiro atoms. The molecule has 0 fully saturated rings. The minimum Gasteiger partial charge on any atom is -0.478 e. The van der Waals surface area contributed by atoms with Crippen LogP contribution in [0.4, 0.5) is 0 Å². The Hall–Kier alpha value is -1.40. The fraction of sp³-hybridized carbons (Fsp3) is 0.462. The average Bonchev–Trinajstić information content (AvgIpc) is 2.32. The Balaban J connectivity index is 2.86. The molecule has 19 heavy (non-hydrogen) atoms. The van der Waals surface area contributed by atoms with E-state index in [0.717, 1.165) is 0 Å². The highest BCUT2D eigenvalue weighted by atomic mass is 32.2. The number of sulfone groups is 1. The van der Waals surface area contributed by atoms with Crippen molar-refractivity contribution >= 4 is 15.8 Å². The van der Waals surface area contributed by atoms with E-state index in [1.807, 2.05) is 0 Å². The molecule has 0 saturated carbocycles. The number of hydrogen-bond acceptors (Lipinski definition) is 4. The molecular formula is C13H16O5S. The van der Waals surface area contributed by atoms with Crippen LogP contribution in [-0.4, -0.2) is 32.4 Å². The molecule has 0 aliphatic carbocycles. The van der Waals surface area contributed by atoms with E-state index in [4.69, 9.17) is 4.74 Å². The summed E-state index contributed by atoms with van der Waals surface area (Å²) in [5, 5.41) is 9.19. The van der Waals surface area contributed by atoms with E-state index in [1.165, 1.54) is 13.2 Å². The van der Waals surface area contributed by atoms with Crippen LogP contribution in [0, 0.1) is 13.8 Å². The number of aromatic carboxylic acids is 1. The Morgan fingerprint density at radius 2 is 2.05 bits per heavy atom. The molecule has 0 saturated heterocycles. The molecular weight excluding hydrogens is 268 g/mol. The number of carboxylic acids is 1. The molecule has 1 aliphatic rings. The van der Waals surface area contributed by atoms with Gasteiger partial charge in [0, 0.05) is 12.7 Å². The van der Waals surface area contributed by atoms with Gasteiger partial charge in [0.1, 0.15) is 0 Å². The average molecular weight is 284 g/mol. The fourth-order valence-electron chi connectivity index (χ4n) is 2.69. The monoisotopic (exact) mass is 284 g/mol. The summed E-state index contributed by atoms with van der Waals surface area (Å²) in [6, 6.07) is 1.42. The number of aryl methyl sites for hydroxylation is 1. The minimum absolute atomic E-state index is 0.0329. The predicted octanol–water partition coefficient (Wildman–Crippen LogP) is 1.87. The van der Waals surface area contributed by atoms with Gasteiger partial charge in [-0.15, -0.1) is 0 Å². The van der Waals surface area contributed by atoms with Crippen molar-refractivity contribution in [2.24, 2.45) is 0 Å². The zero-order chi connectivity index (χ0) is 14.4. The molecule has 1 atom stereocenters. The molecule has 0 aromatic heterocycles. The summed E-state index contributed by atoms with van der Waals surface area (Å²) in [5.74, 6) is -1.02. The van der Waals surface area contributed by atoms with E-state index in [0.29, 0.717) is 23.1 Å². The lowest BCUT2D eigenvalue weighted by atomic mass is 9.94. The smallest absolute Gasteiger partial charge is 0.335 e. The van der Waals surface area contributed by atoms with Crippen molar-refractivity contribution in [2.45, 2.75) is 31.3 Å². The van der Waals surface area contributed by atoms with Crippen molar-refractivity contribution in [3.63, 3.8) is 0 Å². The molecule has 1 unspecified atom stereocenters. The van der Waals surface area contributed by atoms with Crippen molar-refractivity contribution in [3.05, 3.63) is 28.3 Å². The highest BCUT2D eigenvalue weighted by Gasteiger charge is 2.34. The number of benzene rings is 1. The molecule has 1 N–H and O–H groups in total.